The second-order valence-corrected chi connectivity index (χ2v) is 19.6. The molecule has 0 aliphatic rings. The van der Waals surface area contributed by atoms with E-state index < -0.39 is 20.1 Å². The molecule has 0 amide bonds. The Labute approximate surface area is 245 Å². The molecule has 0 saturated carbocycles. The van der Waals surface area contributed by atoms with E-state index in [1.807, 2.05) is 27.7 Å². The van der Waals surface area contributed by atoms with Crippen LogP contribution in [0.4, 0.5) is 0 Å². The van der Waals surface area contributed by atoms with Crippen molar-refractivity contribution in [2.75, 3.05) is 23.0 Å². The van der Waals surface area contributed by atoms with Crippen LogP contribution in [0.1, 0.15) is 107 Å². The molecule has 0 unspecified atom stereocenters. The summed E-state index contributed by atoms with van der Waals surface area (Å²) in [6.45, 7) is 15.8. The quantitative estimate of drug-likeness (QED) is 0.0812. The fourth-order valence-electron chi connectivity index (χ4n) is 2.90. The first-order chi connectivity index (χ1) is 16.5. The number of unbranched alkanes of at least 4 members (excludes halogenated alkanes) is 6. The maximum atomic E-state index is 10.6. The number of hydrogen-bond acceptors (Lipinski definition) is 8. The van der Waals surface area contributed by atoms with E-state index in [0.717, 1.165) is 23.0 Å². The smallest absolute Gasteiger partial charge is 0.0974 e. The Morgan fingerprint density at radius 3 is 1.06 bits per heavy atom. The molecule has 35 heavy (non-hydrogen) atoms. The summed E-state index contributed by atoms with van der Waals surface area (Å²) < 4.78 is 1.78. The van der Waals surface area contributed by atoms with E-state index in [4.69, 9.17) is 0 Å². The molecule has 0 aromatic rings. The first-order valence-corrected chi connectivity index (χ1v) is 21.2. The number of carbonyl (C=O) groups excluding carboxylic acids is 2. The van der Waals surface area contributed by atoms with Gasteiger partial charge in [0.15, 0.2) is 0 Å². The minimum absolute atomic E-state index is 0.104. The van der Waals surface area contributed by atoms with E-state index in [-0.39, 0.29) is 21.1 Å². The summed E-state index contributed by atoms with van der Waals surface area (Å²) in [6, 6.07) is 0. The number of rotatable bonds is 20. The van der Waals surface area contributed by atoms with Crippen LogP contribution < -0.4 is 10.2 Å². The summed E-state index contributed by atoms with van der Waals surface area (Å²) in [5.41, 5.74) is 0. The minimum atomic E-state index is -0.976. The Morgan fingerprint density at radius 2 is 0.857 bits per heavy atom. The Balaban J connectivity index is -0.000000441. The predicted octanol–water partition coefficient (Wildman–Crippen LogP) is 6.61. The molecule has 0 heterocycles. The molecule has 0 N–H and O–H groups in total. The van der Waals surface area contributed by atoms with E-state index >= 15 is 0 Å². The van der Waals surface area contributed by atoms with Gasteiger partial charge in [-0.25, -0.2) is 0 Å². The zero-order chi connectivity index (χ0) is 27.6. The van der Waals surface area contributed by atoms with Gasteiger partial charge >= 0.3 is 95.2 Å². The zero-order valence-corrected chi connectivity index (χ0v) is 29.8. The second kappa shape index (κ2) is 28.2. The molecule has 208 valence electrons. The van der Waals surface area contributed by atoms with Gasteiger partial charge in [0.2, 0.25) is 0 Å². The van der Waals surface area contributed by atoms with Gasteiger partial charge in [-0.05, 0) is 36.9 Å². The van der Waals surface area contributed by atoms with E-state index in [1.54, 1.807) is 35.6 Å². The first kappa shape index (κ1) is 40.6. The van der Waals surface area contributed by atoms with E-state index in [9.17, 15) is 19.8 Å². The number of aliphatic carboxylic acids is 2. The zero-order valence-electron chi connectivity index (χ0n) is 23.7. The number of carbonyl (C=O) groups is 2. The van der Waals surface area contributed by atoms with Gasteiger partial charge in [0.1, 0.15) is 0 Å². The van der Waals surface area contributed by atoms with Crippen molar-refractivity contribution < 1.29 is 19.8 Å². The summed E-state index contributed by atoms with van der Waals surface area (Å²) in [7, 11) is 0. The number of carboxylic acids is 2. The average molecular weight is 676 g/mol. The SMILES string of the molecule is CCCCC[CH2][Sn+2][CH2]CCCCC.CCSC(C)(SCC)C(=O)[O-].CCSC(C)(SCC)C(=O)[O-]. The van der Waals surface area contributed by atoms with Gasteiger partial charge in [-0.1, -0.05) is 27.7 Å². The Kier molecular flexibility index (Phi) is 32.7. The van der Waals surface area contributed by atoms with Crippen LogP contribution in [0.2, 0.25) is 8.87 Å². The molecule has 0 aliphatic heterocycles. The van der Waals surface area contributed by atoms with Crippen molar-refractivity contribution in [1.29, 1.82) is 0 Å². The molecule has 0 aromatic carbocycles. The van der Waals surface area contributed by atoms with Crippen molar-refractivity contribution in [1.82, 2.24) is 0 Å². The third-order valence-corrected chi connectivity index (χ3v) is 14.3. The third kappa shape index (κ3) is 25.2. The van der Waals surface area contributed by atoms with Crippen LogP contribution in [0.25, 0.3) is 0 Å². The van der Waals surface area contributed by atoms with Crippen molar-refractivity contribution >= 4 is 80.1 Å². The first-order valence-electron chi connectivity index (χ1n) is 13.2. The third-order valence-electron chi connectivity index (χ3n) is 4.83. The molecule has 0 aliphatic carbocycles. The largest absolute Gasteiger partial charge is 0.548 e. The summed E-state index contributed by atoms with van der Waals surface area (Å²) in [5, 5.41) is 21.3. The maximum absolute atomic E-state index is 10.6. The molecule has 0 saturated heterocycles. The van der Waals surface area contributed by atoms with Crippen molar-refractivity contribution in [3.8, 4) is 0 Å². The van der Waals surface area contributed by atoms with E-state index in [0.29, 0.717) is 0 Å². The van der Waals surface area contributed by atoms with Gasteiger partial charge in [0, 0.05) is 0 Å². The standard InChI is InChI=1S/2C7H14O2S2.2C6H13.Sn/c2*1-4-10-7(3,6(8)9)11-5-2;2*1-3-5-6-4-2;/h2*4-5H2,1-3H3,(H,8,9);2*1,3-6H2,2H3;/q;;;;+2/p-2. The molecule has 0 radical (unpaired) electrons. The Hall–Kier alpha value is 1.14. The van der Waals surface area contributed by atoms with Crippen LogP contribution in [0.5, 0.6) is 0 Å². The van der Waals surface area contributed by atoms with Crippen LogP contribution in [0, 0.1) is 0 Å². The van der Waals surface area contributed by atoms with Crippen LogP contribution >= 0.6 is 47.0 Å². The molecular weight excluding hydrogens is 623 g/mol. The fourth-order valence-corrected chi connectivity index (χ4v) is 11.2. The van der Waals surface area contributed by atoms with Crippen molar-refractivity contribution in [2.45, 2.75) is 124 Å². The van der Waals surface area contributed by atoms with Gasteiger partial charge < -0.3 is 19.8 Å². The molecule has 0 aromatic heterocycles. The summed E-state index contributed by atoms with van der Waals surface area (Å²) in [6.07, 6.45) is 11.8. The van der Waals surface area contributed by atoms with E-state index in [1.165, 1.54) is 85.6 Å². The minimum Gasteiger partial charge on any atom is -0.548 e. The van der Waals surface area contributed by atoms with Crippen LogP contribution in [-0.4, -0.2) is 64.3 Å². The van der Waals surface area contributed by atoms with Crippen molar-refractivity contribution in [2.24, 2.45) is 0 Å². The Morgan fingerprint density at radius 1 is 0.571 bits per heavy atom. The summed E-state index contributed by atoms with van der Waals surface area (Å²) in [5.74, 6) is 1.26. The van der Waals surface area contributed by atoms with Gasteiger partial charge in [0.05, 0.1) is 20.1 Å². The van der Waals surface area contributed by atoms with Crippen molar-refractivity contribution in [3.05, 3.63) is 0 Å². The molecule has 4 nitrogen and oxygen atoms in total. The van der Waals surface area contributed by atoms with Gasteiger partial charge in [-0.15, -0.1) is 47.0 Å². The fraction of sp³-hybridized carbons (Fsp3) is 0.923. The van der Waals surface area contributed by atoms with Crippen LogP contribution in [-0.2, 0) is 9.59 Å². The van der Waals surface area contributed by atoms with Crippen molar-refractivity contribution in [3.63, 3.8) is 0 Å². The van der Waals surface area contributed by atoms with Gasteiger partial charge in [0.25, 0.3) is 0 Å². The second-order valence-electron chi connectivity index (χ2n) is 8.07. The number of thioether (sulfide) groups is 4. The summed E-state index contributed by atoms with van der Waals surface area (Å²) >= 11 is 5.75. The molecule has 0 atom stereocenters. The topological polar surface area (TPSA) is 80.3 Å². The monoisotopic (exact) mass is 676 g/mol. The van der Waals surface area contributed by atoms with Crippen LogP contribution in [0.15, 0.2) is 0 Å². The van der Waals surface area contributed by atoms with Crippen LogP contribution in [0.3, 0.4) is 0 Å². The maximum Gasteiger partial charge on any atom is 0.0974 e. The molecule has 0 rings (SSSR count). The van der Waals surface area contributed by atoms with Gasteiger partial charge in [-0.2, -0.15) is 0 Å². The molecule has 0 spiro atoms. The average Bonchev–Trinajstić information content (AvgIpc) is 2.79. The molecule has 0 fully saturated rings. The van der Waals surface area contributed by atoms with Gasteiger partial charge in [-0.3, -0.25) is 0 Å². The molecule has 0 bridgehead atoms. The predicted molar refractivity (Wildman–Crippen MR) is 163 cm³/mol. The van der Waals surface area contributed by atoms with E-state index in [2.05, 4.69) is 13.8 Å². The summed E-state index contributed by atoms with van der Waals surface area (Å²) in [4.78, 5) is 21.3. The normalized spacial score (nSPS) is 11.0. The molecule has 9 heteroatoms. The number of hydrogen-bond donors (Lipinski definition) is 0. The Bertz CT molecular complexity index is 442. The number of carboxylic acid groups (broad SMARTS) is 2. The molecular formula is C26H52O4S4Sn.